The van der Waals surface area contributed by atoms with Gasteiger partial charge in [0.2, 0.25) is 0 Å². The van der Waals surface area contributed by atoms with Gasteiger partial charge in [-0.2, -0.15) is 13.2 Å². The maximum absolute atomic E-state index is 12.9. The van der Waals surface area contributed by atoms with E-state index in [1.807, 2.05) is 26.8 Å². The molecule has 0 fully saturated rings. The smallest absolute Gasteiger partial charge is 0.416 e. The average Bonchev–Trinajstić information content (AvgIpc) is 2.97. The Morgan fingerprint density at radius 2 is 1.67 bits per heavy atom. The molecule has 144 valence electrons. The van der Waals surface area contributed by atoms with E-state index in [4.69, 9.17) is 0 Å². The maximum Gasteiger partial charge on any atom is 0.416 e. The van der Waals surface area contributed by atoms with Crippen molar-refractivity contribution in [3.8, 4) is 11.4 Å². The third-order valence-electron chi connectivity index (χ3n) is 4.42. The van der Waals surface area contributed by atoms with Crippen LogP contribution in [0.25, 0.3) is 16.7 Å². The number of benzene rings is 2. The van der Waals surface area contributed by atoms with Gasteiger partial charge in [-0.3, -0.25) is 0 Å². The average molecular weight is 377 g/mol. The Kier molecular flexibility index (Phi) is 4.66. The first-order chi connectivity index (χ1) is 12.5. The van der Waals surface area contributed by atoms with Crippen LogP contribution in [0.2, 0.25) is 0 Å². The molecule has 7 heteroatoms. The zero-order valence-corrected chi connectivity index (χ0v) is 15.7. The molecule has 1 N–H and O–H groups in total. The van der Waals surface area contributed by atoms with E-state index in [1.165, 1.54) is 10.9 Å². The molecule has 4 nitrogen and oxygen atoms in total. The maximum atomic E-state index is 12.9. The van der Waals surface area contributed by atoms with Gasteiger partial charge in [-0.05, 0) is 41.7 Å². The van der Waals surface area contributed by atoms with E-state index in [9.17, 15) is 18.3 Å². The zero-order chi connectivity index (χ0) is 20.0. The van der Waals surface area contributed by atoms with Crippen LogP contribution < -0.4 is 0 Å². The Morgan fingerprint density at radius 1 is 1.00 bits per heavy atom. The van der Waals surface area contributed by atoms with Crippen molar-refractivity contribution >= 4 is 11.0 Å². The number of alkyl halides is 3. The number of hydrogen-bond acceptors (Lipinski definition) is 3. The van der Waals surface area contributed by atoms with Gasteiger partial charge in [-0.1, -0.05) is 40.2 Å². The lowest BCUT2D eigenvalue weighted by molar-refractivity contribution is -0.137. The summed E-state index contributed by atoms with van der Waals surface area (Å²) in [6.07, 6.45) is -2.70. The van der Waals surface area contributed by atoms with E-state index in [0.717, 1.165) is 36.1 Å². The lowest BCUT2D eigenvalue weighted by Gasteiger charge is -2.23. The van der Waals surface area contributed by atoms with Crippen LogP contribution in [0.5, 0.6) is 5.75 Å². The first-order valence-corrected chi connectivity index (χ1v) is 8.81. The number of nitrogens with zero attached hydrogens (tertiary/aromatic N) is 3. The Labute approximate surface area is 155 Å². The lowest BCUT2D eigenvalue weighted by atomic mass is 9.84. The zero-order valence-electron chi connectivity index (χ0n) is 15.7. The number of halogens is 3. The highest BCUT2D eigenvalue weighted by Gasteiger charge is 2.31. The molecule has 3 aromatic rings. The molecule has 0 atom stereocenters. The molecule has 0 spiro atoms. The van der Waals surface area contributed by atoms with Crippen LogP contribution in [-0.4, -0.2) is 20.1 Å². The molecular formula is C20H22F3N3O. The van der Waals surface area contributed by atoms with Crippen molar-refractivity contribution in [3.63, 3.8) is 0 Å². The highest BCUT2D eigenvalue weighted by atomic mass is 19.4. The monoisotopic (exact) mass is 377 g/mol. The van der Waals surface area contributed by atoms with Crippen molar-refractivity contribution in [3.05, 3.63) is 47.0 Å². The quantitative estimate of drug-likeness (QED) is 0.665. The highest BCUT2D eigenvalue weighted by Crippen LogP contribution is 2.37. The van der Waals surface area contributed by atoms with Gasteiger partial charge in [0.15, 0.2) is 0 Å². The molecule has 0 saturated heterocycles. The van der Waals surface area contributed by atoms with Gasteiger partial charge in [0.1, 0.15) is 22.5 Å². The van der Waals surface area contributed by atoms with Crippen LogP contribution in [0.3, 0.4) is 0 Å². The number of aromatic nitrogens is 3. The third-order valence-corrected chi connectivity index (χ3v) is 4.42. The Bertz CT molecular complexity index is 985. The second-order valence-electron chi connectivity index (χ2n) is 7.70. The summed E-state index contributed by atoms with van der Waals surface area (Å²) in [5, 5.41) is 19.3. The molecule has 0 radical (unpaired) electrons. The predicted molar refractivity (Wildman–Crippen MR) is 98.2 cm³/mol. The van der Waals surface area contributed by atoms with Gasteiger partial charge in [0.05, 0.1) is 5.56 Å². The van der Waals surface area contributed by atoms with Gasteiger partial charge in [-0.25, -0.2) is 0 Å². The molecule has 1 aromatic heterocycles. The number of rotatable bonds is 3. The van der Waals surface area contributed by atoms with Gasteiger partial charge < -0.3 is 5.11 Å². The number of hydrogen-bond donors (Lipinski definition) is 1. The molecule has 0 unspecified atom stereocenters. The van der Waals surface area contributed by atoms with Crippen LogP contribution in [0.1, 0.15) is 50.8 Å². The molecule has 27 heavy (non-hydrogen) atoms. The Balaban J connectivity index is 2.19. The first-order valence-electron chi connectivity index (χ1n) is 8.81. The molecule has 0 amide bonds. The molecule has 0 aliphatic carbocycles. The SMILES string of the molecule is CCCc1cc(-n2nc3ccc(C(F)(F)F)cc3n2)c(O)c(C(C)(C)C)c1. The van der Waals surface area contributed by atoms with Gasteiger partial charge in [0, 0.05) is 5.56 Å². The molecule has 0 aliphatic rings. The highest BCUT2D eigenvalue weighted by molar-refractivity contribution is 5.75. The van der Waals surface area contributed by atoms with Gasteiger partial charge >= 0.3 is 6.18 Å². The van der Waals surface area contributed by atoms with E-state index in [2.05, 4.69) is 17.1 Å². The minimum atomic E-state index is -4.44. The fourth-order valence-electron chi connectivity index (χ4n) is 3.03. The van der Waals surface area contributed by atoms with Crippen molar-refractivity contribution in [1.29, 1.82) is 0 Å². The van der Waals surface area contributed by atoms with E-state index in [-0.39, 0.29) is 16.7 Å². The Hall–Kier alpha value is -2.57. The lowest BCUT2D eigenvalue weighted by Crippen LogP contribution is -2.14. The van der Waals surface area contributed by atoms with E-state index >= 15 is 0 Å². The summed E-state index contributed by atoms with van der Waals surface area (Å²) in [4.78, 5) is 1.22. The van der Waals surface area contributed by atoms with Gasteiger partial charge in [0.25, 0.3) is 0 Å². The topological polar surface area (TPSA) is 50.9 Å². The molecule has 0 saturated carbocycles. The normalized spacial score (nSPS) is 12.7. The summed E-state index contributed by atoms with van der Waals surface area (Å²) in [7, 11) is 0. The van der Waals surface area contributed by atoms with Crippen LogP contribution >= 0.6 is 0 Å². The third kappa shape index (κ3) is 3.77. The first kappa shape index (κ1) is 19.2. The van der Waals surface area contributed by atoms with Crippen LogP contribution in [0.15, 0.2) is 30.3 Å². The molecular weight excluding hydrogens is 355 g/mol. The van der Waals surface area contributed by atoms with Crippen molar-refractivity contribution in [2.75, 3.05) is 0 Å². The number of phenols is 1. The minimum absolute atomic E-state index is 0.0405. The number of aromatic hydroxyl groups is 1. The second kappa shape index (κ2) is 6.55. The minimum Gasteiger partial charge on any atom is -0.505 e. The molecule has 1 heterocycles. The molecule has 0 aliphatic heterocycles. The summed E-state index contributed by atoms with van der Waals surface area (Å²) < 4.78 is 38.8. The van der Waals surface area contributed by atoms with Crippen molar-refractivity contribution in [2.45, 2.75) is 52.1 Å². The number of aryl methyl sites for hydroxylation is 1. The fourth-order valence-corrected chi connectivity index (χ4v) is 3.03. The van der Waals surface area contributed by atoms with Crippen molar-refractivity contribution < 1.29 is 18.3 Å². The number of fused-ring (bicyclic) bond motifs is 1. The summed E-state index contributed by atoms with van der Waals surface area (Å²) >= 11 is 0. The van der Waals surface area contributed by atoms with E-state index in [0.29, 0.717) is 11.2 Å². The summed E-state index contributed by atoms with van der Waals surface area (Å²) in [5.41, 5.74) is 1.52. The van der Waals surface area contributed by atoms with Crippen LogP contribution in [-0.2, 0) is 18.0 Å². The van der Waals surface area contributed by atoms with Crippen molar-refractivity contribution in [2.24, 2.45) is 0 Å². The molecule has 2 aromatic carbocycles. The van der Waals surface area contributed by atoms with E-state index in [1.54, 1.807) is 6.07 Å². The molecule has 3 rings (SSSR count). The summed E-state index contributed by atoms with van der Waals surface area (Å²) in [6, 6.07) is 7.00. The van der Waals surface area contributed by atoms with Crippen molar-refractivity contribution in [1.82, 2.24) is 15.0 Å². The predicted octanol–water partition coefficient (Wildman–Crippen LogP) is 5.39. The summed E-state index contributed by atoms with van der Waals surface area (Å²) in [5.74, 6) is 0.0405. The Morgan fingerprint density at radius 3 is 2.26 bits per heavy atom. The fraction of sp³-hybridized carbons (Fsp3) is 0.400. The molecule has 0 bridgehead atoms. The number of phenolic OH excluding ortho intramolecular Hbond substituents is 1. The van der Waals surface area contributed by atoms with Gasteiger partial charge in [-0.15, -0.1) is 15.0 Å². The second-order valence-corrected chi connectivity index (χ2v) is 7.70. The largest absolute Gasteiger partial charge is 0.505 e. The van der Waals surface area contributed by atoms with E-state index < -0.39 is 11.7 Å². The van der Waals surface area contributed by atoms with Crippen LogP contribution in [0, 0.1) is 0 Å². The van der Waals surface area contributed by atoms with Crippen LogP contribution in [0.4, 0.5) is 13.2 Å². The summed E-state index contributed by atoms with van der Waals surface area (Å²) in [6.45, 7) is 8.03. The standard InChI is InChI=1S/C20H22F3N3O/c1-5-6-12-9-14(19(2,3)4)18(27)17(10-12)26-24-15-8-7-13(20(21,22)23)11-16(15)25-26/h7-11,27H,5-6H2,1-4H3.